The predicted octanol–water partition coefficient (Wildman–Crippen LogP) is 4.16. The Morgan fingerprint density at radius 1 is 1.23 bits per heavy atom. The van der Waals surface area contributed by atoms with Gasteiger partial charge in [0.05, 0.1) is 5.69 Å². The van der Waals surface area contributed by atoms with E-state index in [0.717, 1.165) is 0 Å². The molecule has 0 aromatic carbocycles. The fraction of sp³-hybridized carbons (Fsp3) is 0.286. The normalized spacial score (nSPS) is 12.0. The van der Waals surface area contributed by atoms with Crippen molar-refractivity contribution in [2.75, 3.05) is 6.54 Å². The smallest absolute Gasteiger partial charge is 0.407 e. The van der Waals surface area contributed by atoms with Gasteiger partial charge < -0.3 is 10.0 Å². The van der Waals surface area contributed by atoms with Crippen molar-refractivity contribution < 1.29 is 18.3 Å². The van der Waals surface area contributed by atoms with Gasteiger partial charge in [0.25, 0.3) is 10.0 Å². The molecule has 0 saturated heterocycles. The molecule has 1 amide bonds. The largest absolute Gasteiger partial charge is 0.465 e. The average molecular weight is 463 g/mol. The zero-order chi connectivity index (χ0) is 22.8. The number of pyridine rings is 2. The Bertz CT molecular complexity index is 1170. The zero-order valence-corrected chi connectivity index (χ0v) is 18.9. The molecular formula is C21H23ClN4O4S. The number of hydrogen-bond acceptors (Lipinski definition) is 5. The fourth-order valence-corrected chi connectivity index (χ4v) is 4.62. The second kappa shape index (κ2) is 8.68. The molecule has 3 aromatic rings. The standard InChI is InChI=1S/C21H23ClN4O4S/c1-21(2,3)25(20(27)28)10-8-15-11-18(16-6-7-19(22)24-12-16)26(14-15)31(29,30)17-5-4-9-23-13-17/h4-7,9,11-14H,8,10H2,1-3H3,(H,27,28). The number of carbonyl (C=O) groups is 1. The van der Waals surface area contributed by atoms with E-state index in [4.69, 9.17) is 11.6 Å². The van der Waals surface area contributed by atoms with Crippen LogP contribution in [0.25, 0.3) is 11.3 Å². The fourth-order valence-electron chi connectivity index (χ4n) is 3.14. The SMILES string of the molecule is CC(C)(C)N(CCc1cc(-c2ccc(Cl)nc2)n(S(=O)(=O)c2cccnc2)c1)C(=O)O. The van der Waals surface area contributed by atoms with Gasteiger partial charge in [0, 0.05) is 42.4 Å². The van der Waals surface area contributed by atoms with Gasteiger partial charge in [-0.3, -0.25) is 4.98 Å². The highest BCUT2D eigenvalue weighted by Crippen LogP contribution is 2.28. The van der Waals surface area contributed by atoms with Crippen molar-refractivity contribution in [2.24, 2.45) is 0 Å². The summed E-state index contributed by atoms with van der Waals surface area (Å²) in [7, 11) is -3.93. The van der Waals surface area contributed by atoms with E-state index < -0.39 is 21.7 Å². The van der Waals surface area contributed by atoms with Crippen molar-refractivity contribution in [2.45, 2.75) is 37.6 Å². The molecule has 164 valence electrons. The van der Waals surface area contributed by atoms with Crippen LogP contribution in [0.4, 0.5) is 4.79 Å². The van der Waals surface area contributed by atoms with Crippen LogP contribution in [0.1, 0.15) is 26.3 Å². The van der Waals surface area contributed by atoms with Crippen molar-refractivity contribution in [1.82, 2.24) is 18.8 Å². The molecule has 8 nitrogen and oxygen atoms in total. The number of aromatic nitrogens is 3. The van der Waals surface area contributed by atoms with E-state index in [1.54, 1.807) is 24.3 Å². The molecule has 0 bridgehead atoms. The highest BCUT2D eigenvalue weighted by Gasteiger charge is 2.27. The molecular weight excluding hydrogens is 440 g/mol. The lowest BCUT2D eigenvalue weighted by Gasteiger charge is -2.33. The highest BCUT2D eigenvalue weighted by atomic mass is 35.5. The first-order valence-electron chi connectivity index (χ1n) is 9.49. The van der Waals surface area contributed by atoms with Gasteiger partial charge in [0.1, 0.15) is 10.0 Å². The van der Waals surface area contributed by atoms with Gasteiger partial charge in [-0.05, 0) is 63.1 Å². The van der Waals surface area contributed by atoms with Crippen molar-refractivity contribution in [1.29, 1.82) is 0 Å². The summed E-state index contributed by atoms with van der Waals surface area (Å²) >= 11 is 5.88. The Morgan fingerprint density at radius 3 is 2.52 bits per heavy atom. The third kappa shape index (κ3) is 5.05. The van der Waals surface area contributed by atoms with Gasteiger partial charge in [-0.2, -0.15) is 0 Å². The Hall–Kier alpha value is -2.91. The number of hydrogen-bond donors (Lipinski definition) is 1. The maximum absolute atomic E-state index is 13.3. The van der Waals surface area contributed by atoms with Crippen molar-refractivity contribution in [3.8, 4) is 11.3 Å². The molecule has 0 fully saturated rings. The molecule has 1 N–H and O–H groups in total. The number of amides is 1. The van der Waals surface area contributed by atoms with Crippen molar-refractivity contribution in [3.63, 3.8) is 0 Å². The van der Waals surface area contributed by atoms with Gasteiger partial charge in [-0.25, -0.2) is 22.2 Å². The maximum atomic E-state index is 13.3. The summed E-state index contributed by atoms with van der Waals surface area (Å²) in [4.78, 5) is 21.0. The Balaban J connectivity index is 2.04. The van der Waals surface area contributed by atoms with Crippen LogP contribution in [0.15, 0.2) is 60.0 Å². The minimum atomic E-state index is -3.93. The molecule has 10 heteroatoms. The summed E-state index contributed by atoms with van der Waals surface area (Å²) in [5, 5.41) is 9.82. The number of rotatable bonds is 6. The molecule has 0 aliphatic carbocycles. The Kier molecular flexibility index (Phi) is 6.38. The van der Waals surface area contributed by atoms with Crippen LogP contribution < -0.4 is 0 Å². The maximum Gasteiger partial charge on any atom is 0.407 e. The molecule has 3 heterocycles. The number of carboxylic acid groups (broad SMARTS) is 1. The van der Waals surface area contributed by atoms with Gasteiger partial charge in [0.15, 0.2) is 0 Å². The van der Waals surface area contributed by atoms with E-state index in [0.29, 0.717) is 28.4 Å². The summed E-state index contributed by atoms with van der Waals surface area (Å²) in [6.07, 6.45) is 5.09. The minimum Gasteiger partial charge on any atom is -0.465 e. The van der Waals surface area contributed by atoms with E-state index in [-0.39, 0.29) is 11.4 Å². The number of nitrogens with zero attached hydrogens (tertiary/aromatic N) is 4. The summed E-state index contributed by atoms with van der Waals surface area (Å²) in [6, 6.07) is 8.01. The average Bonchev–Trinajstić information content (AvgIpc) is 3.13. The van der Waals surface area contributed by atoms with Gasteiger partial charge >= 0.3 is 6.09 Å². The third-order valence-corrected chi connectivity index (χ3v) is 6.60. The van der Waals surface area contributed by atoms with Gasteiger partial charge in [0.2, 0.25) is 0 Å². The molecule has 0 aliphatic rings. The van der Waals surface area contributed by atoms with Crippen LogP contribution in [-0.2, 0) is 16.4 Å². The second-order valence-corrected chi connectivity index (χ2v) is 10.1. The zero-order valence-electron chi connectivity index (χ0n) is 17.4. The second-order valence-electron chi connectivity index (χ2n) is 7.95. The van der Waals surface area contributed by atoms with Crippen LogP contribution in [0.5, 0.6) is 0 Å². The van der Waals surface area contributed by atoms with Crippen LogP contribution in [-0.4, -0.2) is 50.5 Å². The minimum absolute atomic E-state index is 0.0437. The van der Waals surface area contributed by atoms with E-state index in [1.165, 1.54) is 39.7 Å². The highest BCUT2D eigenvalue weighted by molar-refractivity contribution is 7.90. The van der Waals surface area contributed by atoms with Crippen molar-refractivity contribution in [3.05, 3.63) is 65.8 Å². The van der Waals surface area contributed by atoms with E-state index in [2.05, 4.69) is 9.97 Å². The van der Waals surface area contributed by atoms with Crippen LogP contribution in [0, 0.1) is 0 Å². The van der Waals surface area contributed by atoms with Gasteiger partial charge in [-0.15, -0.1) is 0 Å². The first-order chi connectivity index (χ1) is 14.5. The lowest BCUT2D eigenvalue weighted by atomic mass is 10.1. The summed E-state index contributed by atoms with van der Waals surface area (Å²) in [5.41, 5.74) is 1.06. The van der Waals surface area contributed by atoms with Crippen molar-refractivity contribution >= 4 is 27.7 Å². The first kappa shape index (κ1) is 22.8. The molecule has 0 spiro atoms. The molecule has 31 heavy (non-hydrogen) atoms. The molecule has 0 saturated carbocycles. The van der Waals surface area contributed by atoms with Crippen LogP contribution >= 0.6 is 11.6 Å². The summed E-state index contributed by atoms with van der Waals surface area (Å²) in [6.45, 7) is 5.64. The molecule has 3 rings (SSSR count). The molecule has 0 aliphatic heterocycles. The number of halogens is 1. The Labute approximate surface area is 186 Å². The summed E-state index contributed by atoms with van der Waals surface area (Å²) in [5.74, 6) is 0. The van der Waals surface area contributed by atoms with Crippen LogP contribution in [0.3, 0.4) is 0 Å². The van der Waals surface area contributed by atoms with E-state index in [9.17, 15) is 18.3 Å². The van der Waals surface area contributed by atoms with E-state index in [1.807, 2.05) is 20.8 Å². The third-order valence-electron chi connectivity index (χ3n) is 4.72. The topological polar surface area (TPSA) is 105 Å². The molecule has 3 aromatic heterocycles. The molecule has 0 unspecified atom stereocenters. The quantitative estimate of drug-likeness (QED) is 0.551. The van der Waals surface area contributed by atoms with E-state index >= 15 is 0 Å². The predicted molar refractivity (Wildman–Crippen MR) is 118 cm³/mol. The lowest BCUT2D eigenvalue weighted by molar-refractivity contribution is 0.101. The Morgan fingerprint density at radius 2 is 1.97 bits per heavy atom. The molecule has 0 atom stereocenters. The monoisotopic (exact) mass is 462 g/mol. The lowest BCUT2D eigenvalue weighted by Crippen LogP contribution is -2.45. The first-order valence-corrected chi connectivity index (χ1v) is 11.3. The van der Waals surface area contributed by atoms with Gasteiger partial charge in [-0.1, -0.05) is 11.6 Å². The molecule has 0 radical (unpaired) electrons. The summed E-state index contributed by atoms with van der Waals surface area (Å²) < 4.78 is 27.7. The van der Waals surface area contributed by atoms with Crippen LogP contribution in [0.2, 0.25) is 5.15 Å².